The summed E-state index contributed by atoms with van der Waals surface area (Å²) in [6.45, 7) is 1.51. The average molecular weight is 405 g/mol. The van der Waals surface area contributed by atoms with Gasteiger partial charge in [0.05, 0.1) is 12.1 Å². The molecule has 0 spiro atoms. The number of carbonyl (C=O) groups is 1. The molecule has 1 aliphatic carbocycles. The average Bonchev–Trinajstić information content (AvgIpc) is 3.06. The first-order valence-corrected chi connectivity index (χ1v) is 9.83. The van der Waals surface area contributed by atoms with Crippen LogP contribution in [-0.4, -0.2) is 33.8 Å². The van der Waals surface area contributed by atoms with E-state index in [-0.39, 0.29) is 29.7 Å². The second-order valence-corrected chi connectivity index (χ2v) is 7.87. The molecule has 9 heteroatoms. The van der Waals surface area contributed by atoms with Gasteiger partial charge in [-0.15, -0.1) is 0 Å². The Balaban J connectivity index is 1.50. The molecule has 1 unspecified atom stereocenters. The molecule has 2 aliphatic heterocycles. The fourth-order valence-corrected chi connectivity index (χ4v) is 4.19. The lowest BCUT2D eigenvalue weighted by molar-refractivity contribution is -0.119. The fourth-order valence-electron chi connectivity index (χ4n) is 3.98. The van der Waals surface area contributed by atoms with Crippen molar-refractivity contribution in [3.63, 3.8) is 0 Å². The standard InChI is InChI=1S/C19H22ClFN6O/c1-10(28)25-12-3-2-4-13(6-12)26-19-16(21)9-24-18(27-19)15-8-23-17-14(15)5-11(20)7-22-17/h7-9,12-14H,2-6H2,1H3,(H,22,23)(H,25,28)(H,24,26,27)/t12-,13+,14?/m0/s1. The lowest BCUT2D eigenvalue weighted by Gasteiger charge is -2.30. The number of hydrogen-bond acceptors (Lipinski definition) is 6. The fraction of sp³-hybridized carbons (Fsp3) is 0.474. The van der Waals surface area contributed by atoms with Gasteiger partial charge >= 0.3 is 0 Å². The third-order valence-electron chi connectivity index (χ3n) is 5.25. The van der Waals surface area contributed by atoms with Crippen LogP contribution in [-0.2, 0) is 4.79 Å². The highest BCUT2D eigenvalue weighted by Crippen LogP contribution is 2.35. The molecule has 0 saturated heterocycles. The van der Waals surface area contributed by atoms with Crippen molar-refractivity contribution in [2.75, 3.05) is 5.32 Å². The quantitative estimate of drug-likeness (QED) is 0.717. The zero-order valence-corrected chi connectivity index (χ0v) is 16.3. The highest BCUT2D eigenvalue weighted by atomic mass is 35.5. The van der Waals surface area contributed by atoms with E-state index < -0.39 is 5.82 Å². The summed E-state index contributed by atoms with van der Waals surface area (Å²) in [5.74, 6) is 0.850. The smallest absolute Gasteiger partial charge is 0.217 e. The Kier molecular flexibility index (Phi) is 5.30. The summed E-state index contributed by atoms with van der Waals surface area (Å²) in [4.78, 5) is 24.2. The molecular formula is C19H22ClFN6O. The Morgan fingerprint density at radius 3 is 3.00 bits per heavy atom. The predicted octanol–water partition coefficient (Wildman–Crippen LogP) is 2.92. The molecule has 3 atom stereocenters. The molecule has 148 valence electrons. The largest absolute Gasteiger partial charge is 0.365 e. The van der Waals surface area contributed by atoms with Crippen LogP contribution in [0.5, 0.6) is 0 Å². The summed E-state index contributed by atoms with van der Waals surface area (Å²) in [6.07, 6.45) is 8.78. The van der Waals surface area contributed by atoms with Gasteiger partial charge in [0, 0.05) is 42.0 Å². The SMILES string of the molecule is CC(=O)N[C@H]1CCC[C@@H](Nc2nc(C3=CNC4=NC=C(Cl)CC34)ncc2F)C1. The van der Waals surface area contributed by atoms with E-state index in [9.17, 15) is 9.18 Å². The molecule has 0 bridgehead atoms. The Morgan fingerprint density at radius 1 is 1.36 bits per heavy atom. The number of aromatic nitrogens is 2. The van der Waals surface area contributed by atoms with Gasteiger partial charge in [-0.05, 0) is 32.1 Å². The predicted molar refractivity (Wildman–Crippen MR) is 106 cm³/mol. The molecule has 1 aromatic heterocycles. The van der Waals surface area contributed by atoms with Crippen LogP contribution in [0.4, 0.5) is 10.2 Å². The zero-order valence-electron chi connectivity index (χ0n) is 15.5. The number of nitrogens with zero attached hydrogens (tertiary/aromatic N) is 3. The lowest BCUT2D eigenvalue weighted by Crippen LogP contribution is -2.41. The van der Waals surface area contributed by atoms with Crippen LogP contribution in [0.25, 0.3) is 5.57 Å². The molecule has 1 fully saturated rings. The number of nitrogens with one attached hydrogen (secondary N) is 3. The Hall–Kier alpha value is -2.48. The van der Waals surface area contributed by atoms with E-state index in [0.29, 0.717) is 17.3 Å². The summed E-state index contributed by atoms with van der Waals surface area (Å²) in [5, 5.41) is 9.93. The number of amides is 1. The Bertz CT molecular complexity index is 883. The number of rotatable bonds is 4. The molecule has 3 heterocycles. The number of aliphatic imine (C=N–C) groups is 1. The lowest BCUT2D eigenvalue weighted by atomic mass is 9.91. The molecule has 0 aromatic carbocycles. The van der Waals surface area contributed by atoms with Crippen LogP contribution in [0.2, 0.25) is 0 Å². The number of allylic oxidation sites excluding steroid dienone is 1. The summed E-state index contributed by atoms with van der Waals surface area (Å²) >= 11 is 6.13. The van der Waals surface area contributed by atoms with E-state index in [4.69, 9.17) is 11.6 Å². The first kappa shape index (κ1) is 18.9. The second-order valence-electron chi connectivity index (χ2n) is 7.39. The normalized spacial score (nSPS) is 26.4. The molecule has 1 saturated carbocycles. The maximum absolute atomic E-state index is 14.4. The summed E-state index contributed by atoms with van der Waals surface area (Å²) in [6, 6.07) is 0.146. The minimum Gasteiger partial charge on any atom is -0.365 e. The van der Waals surface area contributed by atoms with Crippen molar-refractivity contribution in [3.05, 3.63) is 35.3 Å². The topological polar surface area (TPSA) is 91.3 Å². The molecular weight excluding hydrogens is 383 g/mol. The maximum atomic E-state index is 14.4. The van der Waals surface area contributed by atoms with Crippen molar-refractivity contribution in [3.8, 4) is 0 Å². The van der Waals surface area contributed by atoms with Crippen molar-refractivity contribution in [2.24, 2.45) is 10.9 Å². The van der Waals surface area contributed by atoms with Gasteiger partial charge in [-0.25, -0.2) is 19.4 Å². The number of amidine groups is 1. The van der Waals surface area contributed by atoms with Crippen molar-refractivity contribution < 1.29 is 9.18 Å². The monoisotopic (exact) mass is 404 g/mol. The van der Waals surface area contributed by atoms with Crippen LogP contribution >= 0.6 is 11.6 Å². The number of anilines is 1. The third kappa shape index (κ3) is 4.01. The van der Waals surface area contributed by atoms with E-state index >= 15 is 0 Å². The van der Waals surface area contributed by atoms with Gasteiger partial charge in [-0.2, -0.15) is 0 Å². The van der Waals surface area contributed by atoms with Crippen LogP contribution in [0.3, 0.4) is 0 Å². The first-order valence-electron chi connectivity index (χ1n) is 9.45. The number of carbonyl (C=O) groups excluding carboxylic acids is 1. The van der Waals surface area contributed by atoms with E-state index in [0.717, 1.165) is 37.1 Å². The minimum absolute atomic E-state index is 0.0421. The van der Waals surface area contributed by atoms with Gasteiger partial charge in [0.1, 0.15) is 5.84 Å². The molecule has 3 aliphatic rings. The Labute approximate surface area is 167 Å². The van der Waals surface area contributed by atoms with Gasteiger partial charge in [0.15, 0.2) is 17.5 Å². The van der Waals surface area contributed by atoms with Gasteiger partial charge in [0.25, 0.3) is 0 Å². The van der Waals surface area contributed by atoms with E-state index in [2.05, 4.69) is 30.9 Å². The van der Waals surface area contributed by atoms with Gasteiger partial charge in [-0.3, -0.25) is 4.79 Å². The van der Waals surface area contributed by atoms with Crippen LogP contribution in [0.15, 0.2) is 28.6 Å². The molecule has 28 heavy (non-hydrogen) atoms. The number of fused-ring (bicyclic) bond motifs is 1. The van der Waals surface area contributed by atoms with Crippen molar-refractivity contribution in [1.29, 1.82) is 0 Å². The molecule has 1 amide bonds. The molecule has 7 nitrogen and oxygen atoms in total. The van der Waals surface area contributed by atoms with Crippen molar-refractivity contribution >= 4 is 34.7 Å². The molecule has 0 radical (unpaired) electrons. The molecule has 4 rings (SSSR count). The minimum atomic E-state index is -0.493. The van der Waals surface area contributed by atoms with Crippen LogP contribution in [0, 0.1) is 11.7 Å². The summed E-state index contributed by atoms with van der Waals surface area (Å²) in [5.41, 5.74) is 0.841. The van der Waals surface area contributed by atoms with E-state index in [1.807, 2.05) is 0 Å². The highest BCUT2D eigenvalue weighted by molar-refractivity contribution is 6.30. The van der Waals surface area contributed by atoms with Gasteiger partial charge in [-0.1, -0.05) is 11.6 Å². The summed E-state index contributed by atoms with van der Waals surface area (Å²) < 4.78 is 14.4. The third-order valence-corrected chi connectivity index (χ3v) is 5.50. The second kappa shape index (κ2) is 7.87. The molecule has 1 aromatic rings. The van der Waals surface area contributed by atoms with Crippen LogP contribution < -0.4 is 16.0 Å². The molecule has 3 N–H and O–H groups in total. The number of hydrogen-bond donors (Lipinski definition) is 3. The maximum Gasteiger partial charge on any atom is 0.217 e. The van der Waals surface area contributed by atoms with Gasteiger partial charge < -0.3 is 16.0 Å². The van der Waals surface area contributed by atoms with Gasteiger partial charge in [0.2, 0.25) is 5.91 Å². The summed E-state index contributed by atoms with van der Waals surface area (Å²) in [7, 11) is 0. The zero-order chi connectivity index (χ0) is 19.7. The Morgan fingerprint density at radius 2 is 2.18 bits per heavy atom. The first-order chi connectivity index (χ1) is 13.5. The van der Waals surface area contributed by atoms with E-state index in [1.54, 1.807) is 12.4 Å². The highest BCUT2D eigenvalue weighted by Gasteiger charge is 2.32. The van der Waals surface area contributed by atoms with Crippen molar-refractivity contribution in [2.45, 2.75) is 51.1 Å². The number of halogens is 2. The van der Waals surface area contributed by atoms with E-state index in [1.165, 1.54) is 13.1 Å². The van der Waals surface area contributed by atoms with Crippen molar-refractivity contribution in [1.82, 2.24) is 20.6 Å². The van der Waals surface area contributed by atoms with Crippen LogP contribution in [0.1, 0.15) is 44.9 Å².